The van der Waals surface area contributed by atoms with E-state index >= 15 is 0 Å². The Morgan fingerprint density at radius 3 is 2.45 bits per heavy atom. The fraction of sp³-hybridized carbons (Fsp3) is 0.160. The van der Waals surface area contributed by atoms with Gasteiger partial charge in [0, 0.05) is 17.5 Å². The summed E-state index contributed by atoms with van der Waals surface area (Å²) in [5.74, 6) is 0.00237. The van der Waals surface area contributed by atoms with E-state index in [4.69, 9.17) is 0 Å². The fourth-order valence-corrected chi connectivity index (χ4v) is 4.82. The predicted molar refractivity (Wildman–Crippen MR) is 118 cm³/mol. The number of aromatic nitrogens is 1. The van der Waals surface area contributed by atoms with Gasteiger partial charge >= 0.3 is 0 Å². The zero-order valence-electron chi connectivity index (χ0n) is 16.5. The first kappa shape index (κ1) is 19.3. The van der Waals surface area contributed by atoms with Crippen molar-refractivity contribution < 1.29 is 9.00 Å². The maximum absolute atomic E-state index is 13.1. The molecule has 4 heteroatoms. The highest BCUT2D eigenvalue weighted by Crippen LogP contribution is 2.28. The van der Waals surface area contributed by atoms with Gasteiger partial charge in [0.25, 0.3) is 0 Å². The molecule has 0 spiro atoms. The summed E-state index contributed by atoms with van der Waals surface area (Å²) in [6.45, 7) is 4.06. The van der Waals surface area contributed by atoms with Crippen LogP contribution in [0.25, 0.3) is 10.8 Å². The van der Waals surface area contributed by atoms with E-state index in [-0.39, 0.29) is 11.8 Å². The van der Waals surface area contributed by atoms with Crippen LogP contribution >= 0.6 is 0 Å². The van der Waals surface area contributed by atoms with Gasteiger partial charge in [-0.1, -0.05) is 67.1 Å². The van der Waals surface area contributed by atoms with E-state index in [1.54, 1.807) is 18.3 Å². The maximum atomic E-state index is 13.1. The molecule has 1 aromatic heterocycles. The molecular formula is C25H23NO2S. The lowest BCUT2D eigenvalue weighted by molar-refractivity contribution is 0.0885. The topological polar surface area (TPSA) is 39.1 Å². The van der Waals surface area contributed by atoms with Gasteiger partial charge in [0.05, 0.1) is 0 Å². The Bertz CT molecular complexity index is 1190. The summed E-state index contributed by atoms with van der Waals surface area (Å²) < 4.78 is 14.6. The number of nitrogens with zero attached hydrogens (tertiary/aromatic N) is 1. The highest BCUT2D eigenvalue weighted by Gasteiger charge is 2.19. The van der Waals surface area contributed by atoms with Gasteiger partial charge in [0.2, 0.25) is 5.91 Å². The Kier molecular flexibility index (Phi) is 5.45. The Morgan fingerprint density at radius 2 is 1.66 bits per heavy atom. The minimum atomic E-state index is -1.40. The number of hydrogen-bond acceptors (Lipinski definition) is 2. The van der Waals surface area contributed by atoms with Gasteiger partial charge in [0.15, 0.2) is 0 Å². The second kappa shape index (κ2) is 8.18. The number of benzene rings is 3. The third-order valence-corrected chi connectivity index (χ3v) is 6.65. The molecule has 0 saturated heterocycles. The molecule has 1 unspecified atom stereocenters. The minimum Gasteiger partial charge on any atom is -0.279 e. The summed E-state index contributed by atoms with van der Waals surface area (Å²) in [6.07, 6.45) is 2.06. The molecule has 0 aliphatic carbocycles. The molecule has 0 N–H and O–H groups in total. The predicted octanol–water partition coefficient (Wildman–Crippen LogP) is 5.95. The van der Waals surface area contributed by atoms with Crippen molar-refractivity contribution in [3.05, 3.63) is 96.2 Å². The molecular weight excluding hydrogens is 378 g/mol. The second-order valence-corrected chi connectivity index (χ2v) is 8.79. The van der Waals surface area contributed by atoms with Crippen LogP contribution in [0, 0.1) is 6.92 Å². The first-order valence-corrected chi connectivity index (χ1v) is 10.9. The molecule has 0 amide bonds. The van der Waals surface area contributed by atoms with E-state index in [0.717, 1.165) is 11.1 Å². The number of carbonyl (C=O) groups excluding carboxylic acids is 1. The molecule has 4 aromatic rings. The van der Waals surface area contributed by atoms with Crippen molar-refractivity contribution in [3.63, 3.8) is 0 Å². The monoisotopic (exact) mass is 401 g/mol. The van der Waals surface area contributed by atoms with Crippen molar-refractivity contribution in [2.24, 2.45) is 0 Å². The number of rotatable bonds is 5. The highest BCUT2D eigenvalue weighted by atomic mass is 32.2. The average Bonchev–Trinajstić information content (AvgIpc) is 3.23. The van der Waals surface area contributed by atoms with Gasteiger partial charge in [0.1, 0.15) is 15.8 Å². The molecule has 0 bridgehead atoms. The van der Waals surface area contributed by atoms with Crippen LogP contribution in [0.2, 0.25) is 0 Å². The van der Waals surface area contributed by atoms with Gasteiger partial charge in [-0.2, -0.15) is 0 Å². The fourth-order valence-electron chi connectivity index (χ4n) is 3.66. The third kappa shape index (κ3) is 3.94. The summed E-state index contributed by atoms with van der Waals surface area (Å²) in [7, 11) is -1.40. The molecule has 0 saturated carbocycles. The van der Waals surface area contributed by atoms with Gasteiger partial charge < -0.3 is 0 Å². The van der Waals surface area contributed by atoms with Crippen LogP contribution in [-0.2, 0) is 10.8 Å². The summed E-state index contributed by atoms with van der Waals surface area (Å²) in [4.78, 5) is 13.8. The average molecular weight is 402 g/mol. The van der Waals surface area contributed by atoms with E-state index in [0.29, 0.717) is 16.3 Å². The van der Waals surface area contributed by atoms with E-state index in [2.05, 4.69) is 31.2 Å². The SMILES string of the molecule is Cc1ccc(S(=O)c2cccn2C(=O)C[C@@H](C)c2cccc3ccccc23)cc1. The summed E-state index contributed by atoms with van der Waals surface area (Å²) in [5.41, 5.74) is 2.27. The molecule has 29 heavy (non-hydrogen) atoms. The van der Waals surface area contributed by atoms with Crippen molar-refractivity contribution in [3.8, 4) is 0 Å². The number of fused-ring (bicyclic) bond motifs is 1. The zero-order chi connectivity index (χ0) is 20.4. The smallest absolute Gasteiger partial charge is 0.232 e. The lowest BCUT2D eigenvalue weighted by atomic mass is 9.92. The molecule has 3 nitrogen and oxygen atoms in total. The minimum absolute atomic E-state index is 0.0501. The van der Waals surface area contributed by atoms with E-state index in [1.807, 2.05) is 49.4 Å². The maximum Gasteiger partial charge on any atom is 0.232 e. The van der Waals surface area contributed by atoms with Crippen LogP contribution in [0.15, 0.2) is 95.0 Å². The molecule has 0 aliphatic heterocycles. The van der Waals surface area contributed by atoms with Crippen molar-refractivity contribution in [1.82, 2.24) is 4.57 Å². The number of hydrogen-bond donors (Lipinski definition) is 0. The van der Waals surface area contributed by atoms with Gasteiger partial charge in [-0.05, 0) is 53.4 Å². The number of carbonyl (C=O) groups is 1. The normalized spacial score (nSPS) is 13.3. The Balaban J connectivity index is 1.59. The Labute approximate surface area is 173 Å². The van der Waals surface area contributed by atoms with E-state index in [9.17, 15) is 9.00 Å². The molecule has 3 aromatic carbocycles. The number of aryl methyl sites for hydroxylation is 1. The molecule has 146 valence electrons. The lowest BCUT2D eigenvalue weighted by Crippen LogP contribution is -2.16. The molecule has 4 rings (SSSR count). The van der Waals surface area contributed by atoms with Crippen molar-refractivity contribution >= 4 is 27.5 Å². The van der Waals surface area contributed by atoms with Crippen molar-refractivity contribution in [1.29, 1.82) is 0 Å². The van der Waals surface area contributed by atoms with Gasteiger partial charge in [-0.15, -0.1) is 0 Å². The Hall–Kier alpha value is -2.98. The quantitative estimate of drug-likeness (QED) is 0.414. The summed E-state index contributed by atoms with van der Waals surface area (Å²) >= 11 is 0. The lowest BCUT2D eigenvalue weighted by Gasteiger charge is -2.15. The molecule has 1 heterocycles. The summed E-state index contributed by atoms with van der Waals surface area (Å²) in [6, 6.07) is 25.5. The van der Waals surface area contributed by atoms with Gasteiger partial charge in [-0.25, -0.2) is 4.21 Å². The molecule has 2 atom stereocenters. The van der Waals surface area contributed by atoms with E-state index < -0.39 is 10.8 Å². The molecule has 0 fully saturated rings. The second-order valence-electron chi connectivity index (χ2n) is 7.37. The first-order valence-electron chi connectivity index (χ1n) is 9.71. The van der Waals surface area contributed by atoms with Crippen LogP contribution in [0.1, 0.15) is 35.2 Å². The van der Waals surface area contributed by atoms with Crippen LogP contribution in [-0.4, -0.2) is 14.7 Å². The largest absolute Gasteiger partial charge is 0.279 e. The third-order valence-electron chi connectivity index (χ3n) is 5.24. The van der Waals surface area contributed by atoms with Gasteiger partial charge in [-0.3, -0.25) is 9.36 Å². The standard InChI is InChI=1S/C25H23NO2S/c1-18-12-14-21(15-13-18)29(28)25-11-6-16-26(25)24(27)17-19(2)22-10-5-8-20-7-3-4-9-23(20)22/h3-16,19H,17H2,1-2H3/t19-,29?/m1/s1. The van der Waals surface area contributed by atoms with E-state index in [1.165, 1.54) is 15.3 Å². The summed E-state index contributed by atoms with van der Waals surface area (Å²) in [5, 5.41) is 2.86. The van der Waals surface area contributed by atoms with Crippen LogP contribution < -0.4 is 0 Å². The zero-order valence-corrected chi connectivity index (χ0v) is 17.4. The van der Waals surface area contributed by atoms with Crippen molar-refractivity contribution in [2.45, 2.75) is 36.1 Å². The molecule has 0 radical (unpaired) electrons. The van der Waals surface area contributed by atoms with Crippen LogP contribution in [0.3, 0.4) is 0 Å². The first-order chi connectivity index (χ1) is 14.0. The van der Waals surface area contributed by atoms with Crippen LogP contribution in [0.5, 0.6) is 0 Å². The highest BCUT2D eigenvalue weighted by molar-refractivity contribution is 7.85. The van der Waals surface area contributed by atoms with Crippen molar-refractivity contribution in [2.75, 3.05) is 0 Å². The van der Waals surface area contributed by atoms with Crippen LogP contribution in [0.4, 0.5) is 0 Å². The molecule has 0 aliphatic rings. The Morgan fingerprint density at radius 1 is 0.931 bits per heavy atom.